The molecule has 0 atom stereocenters. The number of para-hydroxylation sites is 1. The second-order valence-corrected chi connectivity index (χ2v) is 18.5. The number of aryl methyl sites for hydroxylation is 4. The second-order valence-electron chi connectivity index (χ2n) is 18.5. The third-order valence-electron chi connectivity index (χ3n) is 10.1. The molecule has 6 aromatic rings. The Morgan fingerprint density at radius 3 is 1.52 bits per heavy atom. The van der Waals surface area contributed by atoms with Gasteiger partial charge in [0.05, 0.1) is 11.6 Å². The monoisotopic (exact) mass is 1140 g/mol. The van der Waals surface area contributed by atoms with Crippen molar-refractivity contribution in [3.8, 4) is 34.2 Å². The molecule has 1 saturated carbocycles. The average Bonchev–Trinajstić information content (AvgIpc) is 3.78. The van der Waals surface area contributed by atoms with Gasteiger partial charge in [0.2, 0.25) is 0 Å². The molecule has 0 saturated heterocycles. The van der Waals surface area contributed by atoms with E-state index in [1.165, 1.54) is 60.0 Å². The van der Waals surface area contributed by atoms with Crippen LogP contribution in [0, 0.1) is 40.1 Å². The van der Waals surface area contributed by atoms with Crippen LogP contribution in [-0.2, 0) is 56.5 Å². The van der Waals surface area contributed by atoms with Crippen LogP contribution >= 0.6 is 0 Å². The van der Waals surface area contributed by atoms with E-state index in [1.807, 2.05) is 6.20 Å². The fourth-order valence-electron chi connectivity index (χ4n) is 7.27. The van der Waals surface area contributed by atoms with Crippen molar-refractivity contribution in [1.82, 2.24) is 49.5 Å². The van der Waals surface area contributed by atoms with Gasteiger partial charge in [-0.05, 0) is 98.1 Å². The summed E-state index contributed by atoms with van der Waals surface area (Å²) in [6.07, 6.45) is 16.1. The number of nitrogens with zero attached hydrogens (tertiary/aromatic N) is 10. The summed E-state index contributed by atoms with van der Waals surface area (Å²) < 4.78 is 4.35. The molecule has 58 heavy (non-hydrogen) atoms. The molecule has 7 rings (SSSR count). The molecular weight excluding hydrogens is 1080 g/mol. The van der Waals surface area contributed by atoms with Gasteiger partial charge < -0.3 is 29.1 Å². The molecule has 1 aliphatic rings. The van der Waals surface area contributed by atoms with Gasteiger partial charge in [0, 0.05) is 74.6 Å². The summed E-state index contributed by atoms with van der Waals surface area (Å²) in [7, 11) is 0. The molecule has 0 spiro atoms. The molecule has 0 bridgehead atoms. The maximum absolute atomic E-state index is 4.68. The smallest absolute Gasteiger partial charge is 0.133 e. The van der Waals surface area contributed by atoms with E-state index >= 15 is 0 Å². The van der Waals surface area contributed by atoms with Crippen molar-refractivity contribution < 1.29 is 40.2 Å². The summed E-state index contributed by atoms with van der Waals surface area (Å²) in [5.41, 5.74) is 8.20. The fourth-order valence-corrected chi connectivity index (χ4v) is 7.27. The van der Waals surface area contributed by atoms with E-state index in [0.717, 1.165) is 45.9 Å². The van der Waals surface area contributed by atoms with Crippen LogP contribution in [0.25, 0.3) is 34.2 Å². The van der Waals surface area contributed by atoms with Crippen LogP contribution in [0.5, 0.6) is 0 Å². The van der Waals surface area contributed by atoms with Crippen LogP contribution in [0.2, 0.25) is 0 Å². The van der Waals surface area contributed by atoms with E-state index in [1.54, 1.807) is 6.20 Å². The van der Waals surface area contributed by atoms with Gasteiger partial charge in [-0.25, -0.2) is 0 Å². The Hall–Kier alpha value is -3.82. The third-order valence-corrected chi connectivity index (χ3v) is 10.1. The zero-order chi connectivity index (χ0) is 40.6. The Morgan fingerprint density at radius 2 is 1.07 bits per heavy atom. The van der Waals surface area contributed by atoms with Crippen molar-refractivity contribution in [3.05, 3.63) is 107 Å². The number of rotatable bonds is 5. The van der Waals surface area contributed by atoms with Crippen molar-refractivity contribution in [3.63, 3.8) is 0 Å². The SMILES string of the molecule is Cc1cc(C)cc(-n2c(-c3[c-]nc(C(C)(C)C)nc3)nnc2C(C)(C)C)c1.Cc1cccc(C)c1-n1c(-c2[c-]nc(C(C)(C)C)nc2)nnc1C1CCCCC1.[Ir].[Ir]. The molecule has 0 amide bonds. The van der Waals surface area contributed by atoms with E-state index in [0.29, 0.717) is 11.7 Å². The standard InChI is InChI=1S/C24H30N5.C22H28N5.2Ir/c1-16-10-9-11-17(2)20(16)29-21(18-12-7-6-8-13-18)27-28-22(29)19-14-25-23(26-15-19)24(3,4)5;1-14-9-15(2)11-17(10-14)27-18(25-26-20(27)22(6,7)8)16-12-23-19(24-13-16)21(3,4)5;;/h9-11,14,18H,6-8,12-13H2,1-5H3;9-12H,1-8H3;;/q2*-1;;. The largest absolute Gasteiger partial charge is 0.338 e. The van der Waals surface area contributed by atoms with Gasteiger partial charge in [-0.3, -0.25) is 0 Å². The van der Waals surface area contributed by atoms with Crippen LogP contribution in [0.3, 0.4) is 0 Å². The Kier molecular flexibility index (Phi) is 15.0. The van der Waals surface area contributed by atoms with Crippen molar-refractivity contribution in [2.45, 2.75) is 144 Å². The van der Waals surface area contributed by atoms with Crippen LogP contribution in [0.4, 0.5) is 0 Å². The molecule has 2 radical (unpaired) electrons. The van der Waals surface area contributed by atoms with Gasteiger partial charge in [-0.2, -0.15) is 10.2 Å². The normalized spacial score (nSPS) is 13.6. The maximum atomic E-state index is 4.68. The molecule has 4 aromatic heterocycles. The zero-order valence-electron chi connectivity index (χ0n) is 36.4. The Labute approximate surface area is 372 Å². The van der Waals surface area contributed by atoms with Crippen molar-refractivity contribution >= 4 is 0 Å². The molecule has 2 aromatic carbocycles. The van der Waals surface area contributed by atoms with Gasteiger partial charge in [-0.15, -0.1) is 10.2 Å². The second kappa shape index (κ2) is 18.6. The van der Waals surface area contributed by atoms with Crippen molar-refractivity contribution in [2.75, 3.05) is 0 Å². The fraction of sp³-hybridized carbons (Fsp3) is 0.478. The third kappa shape index (κ3) is 10.5. The first-order chi connectivity index (χ1) is 26.3. The minimum atomic E-state index is -0.158. The Morgan fingerprint density at radius 1 is 0.586 bits per heavy atom. The number of benzene rings is 2. The van der Waals surface area contributed by atoms with Crippen LogP contribution in [-0.4, -0.2) is 49.5 Å². The quantitative estimate of drug-likeness (QED) is 0.157. The van der Waals surface area contributed by atoms with Crippen LogP contribution in [0.1, 0.15) is 146 Å². The zero-order valence-corrected chi connectivity index (χ0v) is 41.2. The van der Waals surface area contributed by atoms with Gasteiger partial charge >= 0.3 is 0 Å². The summed E-state index contributed by atoms with van der Waals surface area (Å²) in [6.45, 7) is 27.5. The topological polar surface area (TPSA) is 113 Å². The van der Waals surface area contributed by atoms with Gasteiger partial charge in [0.1, 0.15) is 11.6 Å². The molecule has 1 aliphatic carbocycles. The molecule has 12 heteroatoms. The molecule has 0 N–H and O–H groups in total. The van der Waals surface area contributed by atoms with Gasteiger partial charge in [0.25, 0.3) is 0 Å². The van der Waals surface area contributed by atoms with Gasteiger partial charge in [-0.1, -0.05) is 129 Å². The molecular formula is C46H58Ir2N10-2. The summed E-state index contributed by atoms with van der Waals surface area (Å²) in [5.74, 6) is 5.44. The molecule has 10 nitrogen and oxygen atoms in total. The first kappa shape index (κ1) is 46.9. The van der Waals surface area contributed by atoms with E-state index in [2.05, 4.69) is 188 Å². The average molecular weight is 1140 g/mol. The summed E-state index contributed by atoms with van der Waals surface area (Å²) >= 11 is 0. The molecule has 1 fully saturated rings. The van der Waals surface area contributed by atoms with Crippen LogP contribution < -0.4 is 0 Å². The summed E-state index contributed by atoms with van der Waals surface area (Å²) in [4.78, 5) is 18.1. The molecule has 4 heterocycles. The molecule has 312 valence electrons. The van der Waals surface area contributed by atoms with Crippen molar-refractivity contribution in [2.24, 2.45) is 0 Å². The predicted molar refractivity (Wildman–Crippen MR) is 223 cm³/mol. The first-order valence-electron chi connectivity index (χ1n) is 19.9. The number of aromatic nitrogens is 10. The van der Waals surface area contributed by atoms with Crippen LogP contribution in [0.15, 0.2) is 48.8 Å². The van der Waals surface area contributed by atoms with Gasteiger partial charge in [0.15, 0.2) is 0 Å². The van der Waals surface area contributed by atoms with E-state index in [4.69, 9.17) is 0 Å². The minimum absolute atomic E-state index is 0. The first-order valence-corrected chi connectivity index (χ1v) is 19.9. The molecule has 0 unspecified atom stereocenters. The Balaban J connectivity index is 0.000000249. The summed E-state index contributed by atoms with van der Waals surface area (Å²) in [5, 5.41) is 18.3. The minimum Gasteiger partial charge on any atom is -0.338 e. The van der Waals surface area contributed by atoms with E-state index in [9.17, 15) is 0 Å². The molecule has 0 aliphatic heterocycles. The number of hydrogen-bond acceptors (Lipinski definition) is 8. The maximum Gasteiger partial charge on any atom is 0.133 e. The van der Waals surface area contributed by atoms with E-state index < -0.39 is 0 Å². The summed E-state index contributed by atoms with van der Waals surface area (Å²) in [6, 6.07) is 12.9. The number of hydrogen-bond donors (Lipinski definition) is 0. The predicted octanol–water partition coefficient (Wildman–Crippen LogP) is 10.2. The van der Waals surface area contributed by atoms with Crippen molar-refractivity contribution in [1.29, 1.82) is 0 Å². The van der Waals surface area contributed by atoms with E-state index in [-0.39, 0.29) is 56.5 Å². The Bertz CT molecular complexity index is 2240.